The van der Waals surface area contributed by atoms with Gasteiger partial charge in [-0.3, -0.25) is 9.97 Å². The third-order valence-corrected chi connectivity index (χ3v) is 3.80. The number of aryl methyl sites for hydroxylation is 1. The van der Waals surface area contributed by atoms with Gasteiger partial charge in [-0.25, -0.2) is 4.98 Å². The number of pyridine rings is 3. The average molecular weight is 297 g/mol. The topological polar surface area (TPSA) is 38.7 Å². The van der Waals surface area contributed by atoms with Crippen molar-refractivity contribution in [1.82, 2.24) is 15.0 Å². The molecule has 4 rings (SSSR count). The molecule has 3 heteroatoms. The molecule has 3 aromatic heterocycles. The molecule has 0 atom stereocenters. The highest BCUT2D eigenvalue weighted by Gasteiger charge is 2.05. The van der Waals surface area contributed by atoms with Crippen molar-refractivity contribution in [3.63, 3.8) is 0 Å². The van der Waals surface area contributed by atoms with Gasteiger partial charge in [0.05, 0.1) is 22.6 Å². The third-order valence-electron chi connectivity index (χ3n) is 3.80. The second-order valence-electron chi connectivity index (χ2n) is 5.48. The van der Waals surface area contributed by atoms with Gasteiger partial charge in [-0.1, -0.05) is 24.3 Å². The van der Waals surface area contributed by atoms with Gasteiger partial charge in [0, 0.05) is 22.8 Å². The first-order valence-electron chi connectivity index (χ1n) is 7.56. The first-order chi connectivity index (χ1) is 11.3. The molecule has 3 heterocycles. The summed E-state index contributed by atoms with van der Waals surface area (Å²) in [4.78, 5) is 13.7. The molecule has 0 unspecified atom stereocenters. The Morgan fingerprint density at radius 2 is 1.57 bits per heavy atom. The zero-order valence-corrected chi connectivity index (χ0v) is 12.8. The number of hydrogen-bond donors (Lipinski definition) is 0. The van der Waals surface area contributed by atoms with E-state index in [-0.39, 0.29) is 0 Å². The minimum Gasteiger partial charge on any atom is -0.255 e. The lowest BCUT2D eigenvalue weighted by atomic mass is 10.1. The Morgan fingerprint density at radius 3 is 2.43 bits per heavy atom. The quantitative estimate of drug-likeness (QED) is 0.540. The number of benzene rings is 1. The van der Waals surface area contributed by atoms with Gasteiger partial charge in [0.25, 0.3) is 0 Å². The van der Waals surface area contributed by atoms with Gasteiger partial charge >= 0.3 is 0 Å². The normalized spacial score (nSPS) is 10.8. The van der Waals surface area contributed by atoms with E-state index in [0.29, 0.717) is 0 Å². The minimum absolute atomic E-state index is 0.880. The van der Waals surface area contributed by atoms with Crippen LogP contribution in [0.1, 0.15) is 5.69 Å². The van der Waals surface area contributed by atoms with Crippen LogP contribution in [-0.4, -0.2) is 15.0 Å². The summed E-state index contributed by atoms with van der Waals surface area (Å²) < 4.78 is 0. The highest BCUT2D eigenvalue weighted by atomic mass is 14.8. The lowest BCUT2D eigenvalue weighted by Gasteiger charge is -2.06. The summed E-state index contributed by atoms with van der Waals surface area (Å²) in [5, 5.41) is 1.12. The van der Waals surface area contributed by atoms with Crippen molar-refractivity contribution in [2.45, 2.75) is 6.92 Å². The van der Waals surface area contributed by atoms with E-state index in [0.717, 1.165) is 39.2 Å². The molecule has 4 aromatic rings. The fourth-order valence-electron chi connectivity index (χ4n) is 2.64. The van der Waals surface area contributed by atoms with Gasteiger partial charge in [0.2, 0.25) is 0 Å². The first-order valence-corrected chi connectivity index (χ1v) is 7.56. The van der Waals surface area contributed by atoms with Crippen molar-refractivity contribution in [1.29, 1.82) is 0 Å². The lowest BCUT2D eigenvalue weighted by molar-refractivity contribution is 1.24. The molecule has 0 spiro atoms. The van der Waals surface area contributed by atoms with E-state index < -0.39 is 0 Å². The van der Waals surface area contributed by atoms with Crippen molar-refractivity contribution in [2.24, 2.45) is 0 Å². The van der Waals surface area contributed by atoms with E-state index in [2.05, 4.69) is 28.2 Å². The molecule has 0 saturated heterocycles. The number of hydrogen-bond acceptors (Lipinski definition) is 3. The molecule has 23 heavy (non-hydrogen) atoms. The molecular formula is C20H15N3. The maximum absolute atomic E-state index is 4.75. The summed E-state index contributed by atoms with van der Waals surface area (Å²) in [6.45, 7) is 2.01. The van der Waals surface area contributed by atoms with E-state index in [1.165, 1.54) is 0 Å². The van der Waals surface area contributed by atoms with Crippen LogP contribution in [0.5, 0.6) is 0 Å². The Hall–Kier alpha value is -3.07. The van der Waals surface area contributed by atoms with Crippen molar-refractivity contribution in [2.75, 3.05) is 0 Å². The van der Waals surface area contributed by atoms with Crippen LogP contribution in [0.4, 0.5) is 0 Å². The Labute approximate surface area is 134 Å². The van der Waals surface area contributed by atoms with Crippen molar-refractivity contribution in [3.8, 4) is 22.6 Å². The molecule has 0 saturated carbocycles. The number of rotatable bonds is 2. The SMILES string of the molecule is Cc1ccc2cc(-c3cccc(-c4ccccn4)n3)ccc2n1. The summed E-state index contributed by atoms with van der Waals surface area (Å²) in [5.41, 5.74) is 5.82. The summed E-state index contributed by atoms with van der Waals surface area (Å²) in [7, 11) is 0. The highest BCUT2D eigenvalue weighted by molar-refractivity contribution is 5.84. The molecule has 0 aliphatic rings. The molecule has 0 bridgehead atoms. The van der Waals surface area contributed by atoms with E-state index >= 15 is 0 Å². The number of fused-ring (bicyclic) bond motifs is 1. The smallest absolute Gasteiger partial charge is 0.0893 e. The Kier molecular flexibility index (Phi) is 3.31. The fraction of sp³-hybridized carbons (Fsp3) is 0.0500. The summed E-state index contributed by atoms with van der Waals surface area (Å²) in [6.07, 6.45) is 1.79. The summed E-state index contributed by atoms with van der Waals surface area (Å²) in [5.74, 6) is 0. The molecular weight excluding hydrogens is 282 g/mol. The Bertz CT molecular complexity index is 978. The second-order valence-corrected chi connectivity index (χ2v) is 5.48. The molecule has 110 valence electrons. The van der Waals surface area contributed by atoms with E-state index in [1.807, 2.05) is 55.5 Å². The van der Waals surface area contributed by atoms with Crippen LogP contribution < -0.4 is 0 Å². The van der Waals surface area contributed by atoms with Crippen LogP contribution in [0, 0.1) is 6.92 Å². The van der Waals surface area contributed by atoms with Crippen LogP contribution in [0.2, 0.25) is 0 Å². The Morgan fingerprint density at radius 1 is 0.696 bits per heavy atom. The molecule has 0 radical (unpaired) electrons. The molecule has 0 N–H and O–H groups in total. The van der Waals surface area contributed by atoms with Gasteiger partial charge in [-0.2, -0.15) is 0 Å². The summed E-state index contributed by atoms with van der Waals surface area (Å²) in [6, 6.07) is 22.3. The predicted octanol–water partition coefficient (Wildman–Crippen LogP) is 4.67. The van der Waals surface area contributed by atoms with E-state index in [4.69, 9.17) is 4.98 Å². The third kappa shape index (κ3) is 2.69. The van der Waals surface area contributed by atoms with Crippen molar-refractivity contribution < 1.29 is 0 Å². The molecule has 0 fully saturated rings. The van der Waals surface area contributed by atoms with Crippen LogP contribution in [0.25, 0.3) is 33.5 Å². The first kappa shape index (κ1) is 13.6. The number of nitrogens with zero attached hydrogens (tertiary/aromatic N) is 3. The predicted molar refractivity (Wildman–Crippen MR) is 92.9 cm³/mol. The van der Waals surface area contributed by atoms with Gasteiger partial charge in [-0.05, 0) is 49.4 Å². The van der Waals surface area contributed by atoms with Crippen LogP contribution in [-0.2, 0) is 0 Å². The fourth-order valence-corrected chi connectivity index (χ4v) is 2.64. The average Bonchev–Trinajstić information content (AvgIpc) is 2.62. The van der Waals surface area contributed by atoms with Crippen molar-refractivity contribution in [3.05, 3.63) is 78.6 Å². The standard InChI is InChI=1S/C20H15N3/c1-14-8-9-15-13-16(10-11-18(15)22-14)17-6-4-7-20(23-17)19-5-2-3-12-21-19/h2-13H,1H3. The van der Waals surface area contributed by atoms with E-state index in [1.54, 1.807) is 6.20 Å². The minimum atomic E-state index is 0.880. The zero-order chi connectivity index (χ0) is 15.6. The maximum Gasteiger partial charge on any atom is 0.0893 e. The van der Waals surface area contributed by atoms with E-state index in [9.17, 15) is 0 Å². The van der Waals surface area contributed by atoms with Crippen molar-refractivity contribution >= 4 is 10.9 Å². The molecule has 0 aliphatic carbocycles. The highest BCUT2D eigenvalue weighted by Crippen LogP contribution is 2.24. The molecule has 0 amide bonds. The zero-order valence-electron chi connectivity index (χ0n) is 12.8. The van der Waals surface area contributed by atoms with Crippen LogP contribution in [0.15, 0.2) is 72.9 Å². The molecule has 0 aliphatic heterocycles. The second kappa shape index (κ2) is 5.61. The molecule has 1 aromatic carbocycles. The monoisotopic (exact) mass is 297 g/mol. The lowest BCUT2D eigenvalue weighted by Crippen LogP contribution is -1.90. The molecule has 3 nitrogen and oxygen atoms in total. The van der Waals surface area contributed by atoms with Crippen LogP contribution >= 0.6 is 0 Å². The van der Waals surface area contributed by atoms with Gasteiger partial charge < -0.3 is 0 Å². The maximum atomic E-state index is 4.75. The van der Waals surface area contributed by atoms with Crippen LogP contribution in [0.3, 0.4) is 0 Å². The van der Waals surface area contributed by atoms with Gasteiger partial charge in [0.1, 0.15) is 0 Å². The van der Waals surface area contributed by atoms with Gasteiger partial charge in [0.15, 0.2) is 0 Å². The Balaban J connectivity index is 1.80. The largest absolute Gasteiger partial charge is 0.255 e. The number of aromatic nitrogens is 3. The van der Waals surface area contributed by atoms with Gasteiger partial charge in [-0.15, -0.1) is 0 Å². The summed E-state index contributed by atoms with van der Waals surface area (Å²) >= 11 is 0.